The lowest BCUT2D eigenvalue weighted by Gasteiger charge is -2.25. The predicted molar refractivity (Wildman–Crippen MR) is 89.0 cm³/mol. The smallest absolute Gasteiger partial charge is 0.219 e. The standard InChI is InChI=1S/C19H25NO2/c1-7-12(2)22-16-8-9-17-13(3)14(4)19(18(17)10-16)11-20(6)15(5)21/h1,8-10,12-14,19H,11H2,2-6H3. The van der Waals surface area contributed by atoms with Crippen molar-refractivity contribution in [2.24, 2.45) is 5.92 Å². The maximum absolute atomic E-state index is 11.6. The Morgan fingerprint density at radius 3 is 2.68 bits per heavy atom. The summed E-state index contributed by atoms with van der Waals surface area (Å²) in [5, 5.41) is 0. The molecule has 1 aliphatic rings. The zero-order valence-corrected chi connectivity index (χ0v) is 14.1. The highest BCUT2D eigenvalue weighted by Crippen LogP contribution is 2.47. The van der Waals surface area contributed by atoms with E-state index in [0.29, 0.717) is 17.8 Å². The van der Waals surface area contributed by atoms with E-state index < -0.39 is 0 Å². The number of carbonyl (C=O) groups is 1. The summed E-state index contributed by atoms with van der Waals surface area (Å²) in [6.45, 7) is 8.72. The number of hydrogen-bond donors (Lipinski definition) is 0. The molecule has 0 saturated heterocycles. The lowest BCUT2D eigenvalue weighted by atomic mass is 9.89. The molecule has 0 bridgehead atoms. The summed E-state index contributed by atoms with van der Waals surface area (Å²) in [6, 6.07) is 6.23. The van der Waals surface area contributed by atoms with Gasteiger partial charge in [0, 0.05) is 26.4 Å². The topological polar surface area (TPSA) is 29.5 Å². The molecule has 3 nitrogen and oxygen atoms in total. The normalized spacial score (nSPS) is 24.3. The number of likely N-dealkylation sites (N-methyl/N-ethyl adjacent to an activating group) is 1. The van der Waals surface area contributed by atoms with Crippen molar-refractivity contribution < 1.29 is 9.53 Å². The number of hydrogen-bond acceptors (Lipinski definition) is 2. The Bertz CT molecular complexity index is 602. The van der Waals surface area contributed by atoms with Crippen molar-refractivity contribution in [3.8, 4) is 18.1 Å². The summed E-state index contributed by atoms with van der Waals surface area (Å²) in [5.74, 6) is 4.81. The minimum atomic E-state index is -0.243. The van der Waals surface area contributed by atoms with Crippen molar-refractivity contribution in [2.75, 3.05) is 13.6 Å². The van der Waals surface area contributed by atoms with E-state index in [0.717, 1.165) is 12.3 Å². The molecule has 22 heavy (non-hydrogen) atoms. The highest BCUT2D eigenvalue weighted by Gasteiger charge is 2.36. The van der Waals surface area contributed by atoms with Gasteiger partial charge in [-0.1, -0.05) is 25.8 Å². The summed E-state index contributed by atoms with van der Waals surface area (Å²) in [4.78, 5) is 13.4. The van der Waals surface area contributed by atoms with E-state index in [1.54, 1.807) is 11.8 Å². The molecule has 1 aromatic carbocycles. The molecule has 0 aliphatic heterocycles. The number of ether oxygens (including phenoxy) is 1. The number of rotatable bonds is 4. The molecule has 0 aromatic heterocycles. The zero-order chi connectivity index (χ0) is 16.4. The average molecular weight is 299 g/mol. The van der Waals surface area contributed by atoms with Gasteiger partial charge in [-0.05, 0) is 42.0 Å². The Kier molecular flexibility index (Phi) is 4.81. The van der Waals surface area contributed by atoms with E-state index in [4.69, 9.17) is 11.2 Å². The molecule has 2 rings (SSSR count). The van der Waals surface area contributed by atoms with Crippen molar-refractivity contribution in [1.29, 1.82) is 0 Å². The van der Waals surface area contributed by atoms with Crippen molar-refractivity contribution in [3.63, 3.8) is 0 Å². The molecule has 1 aliphatic carbocycles. The van der Waals surface area contributed by atoms with E-state index in [1.165, 1.54) is 11.1 Å². The average Bonchev–Trinajstić information content (AvgIpc) is 2.71. The van der Waals surface area contributed by atoms with Crippen LogP contribution in [0.15, 0.2) is 18.2 Å². The summed E-state index contributed by atoms with van der Waals surface area (Å²) >= 11 is 0. The lowest BCUT2D eigenvalue weighted by Crippen LogP contribution is -2.30. The Labute approximate surface area is 133 Å². The van der Waals surface area contributed by atoms with Crippen LogP contribution in [0.5, 0.6) is 5.75 Å². The summed E-state index contributed by atoms with van der Waals surface area (Å²) in [6.07, 6.45) is 5.14. The van der Waals surface area contributed by atoms with Gasteiger partial charge in [0.25, 0.3) is 0 Å². The summed E-state index contributed by atoms with van der Waals surface area (Å²) in [5.41, 5.74) is 2.64. The second kappa shape index (κ2) is 6.44. The fraction of sp³-hybridized carbons (Fsp3) is 0.526. The lowest BCUT2D eigenvalue weighted by molar-refractivity contribution is -0.127. The van der Waals surface area contributed by atoms with Gasteiger partial charge >= 0.3 is 0 Å². The molecule has 0 spiro atoms. The van der Waals surface area contributed by atoms with E-state index in [1.807, 2.05) is 20.0 Å². The molecule has 1 aromatic rings. The van der Waals surface area contributed by atoms with Crippen LogP contribution in [0.4, 0.5) is 0 Å². The van der Waals surface area contributed by atoms with Gasteiger partial charge in [-0.3, -0.25) is 4.79 Å². The van der Waals surface area contributed by atoms with Gasteiger partial charge in [0.05, 0.1) is 0 Å². The van der Waals surface area contributed by atoms with E-state index in [-0.39, 0.29) is 12.0 Å². The van der Waals surface area contributed by atoms with Crippen LogP contribution in [-0.4, -0.2) is 30.5 Å². The maximum atomic E-state index is 11.6. The first-order valence-corrected chi connectivity index (χ1v) is 7.83. The second-order valence-electron chi connectivity index (χ2n) is 6.37. The third-order valence-corrected chi connectivity index (χ3v) is 4.93. The first-order valence-electron chi connectivity index (χ1n) is 7.83. The minimum absolute atomic E-state index is 0.0988. The van der Waals surface area contributed by atoms with Crippen LogP contribution < -0.4 is 4.74 Å². The number of fused-ring (bicyclic) bond motifs is 1. The molecular weight excluding hydrogens is 274 g/mol. The molecule has 0 heterocycles. The molecule has 0 saturated carbocycles. The monoisotopic (exact) mass is 299 g/mol. The number of carbonyl (C=O) groups excluding carboxylic acids is 1. The Hall–Kier alpha value is -1.95. The molecule has 0 N–H and O–H groups in total. The van der Waals surface area contributed by atoms with Gasteiger partial charge in [-0.2, -0.15) is 0 Å². The summed E-state index contributed by atoms with van der Waals surface area (Å²) < 4.78 is 5.74. The number of amides is 1. The molecule has 0 radical (unpaired) electrons. The zero-order valence-electron chi connectivity index (χ0n) is 14.1. The molecular formula is C19H25NO2. The first kappa shape index (κ1) is 16.4. The third-order valence-electron chi connectivity index (χ3n) is 4.93. The van der Waals surface area contributed by atoms with Gasteiger partial charge in [-0.15, -0.1) is 6.42 Å². The SMILES string of the molecule is C#CC(C)Oc1ccc2c(c1)C(CN(C)C(C)=O)C(C)C2C. The van der Waals surface area contributed by atoms with Crippen LogP contribution >= 0.6 is 0 Å². The highest BCUT2D eigenvalue weighted by atomic mass is 16.5. The van der Waals surface area contributed by atoms with Crippen molar-refractivity contribution in [3.05, 3.63) is 29.3 Å². The molecule has 0 fully saturated rings. The second-order valence-corrected chi connectivity index (χ2v) is 6.37. The molecule has 3 heteroatoms. The van der Waals surface area contributed by atoms with Crippen molar-refractivity contribution in [1.82, 2.24) is 4.90 Å². The quantitative estimate of drug-likeness (QED) is 0.798. The van der Waals surface area contributed by atoms with Crippen LogP contribution in [0.1, 0.15) is 50.7 Å². The maximum Gasteiger partial charge on any atom is 0.219 e. The van der Waals surface area contributed by atoms with Crippen LogP contribution in [0.2, 0.25) is 0 Å². The summed E-state index contributed by atoms with van der Waals surface area (Å²) in [7, 11) is 1.86. The van der Waals surface area contributed by atoms with Gasteiger partial charge in [0.1, 0.15) is 5.75 Å². The van der Waals surface area contributed by atoms with Gasteiger partial charge in [-0.25, -0.2) is 0 Å². The molecule has 4 unspecified atom stereocenters. The van der Waals surface area contributed by atoms with Gasteiger partial charge in [0.15, 0.2) is 6.10 Å². The largest absolute Gasteiger partial charge is 0.478 e. The van der Waals surface area contributed by atoms with E-state index in [2.05, 4.69) is 31.9 Å². The number of nitrogens with zero attached hydrogens (tertiary/aromatic N) is 1. The van der Waals surface area contributed by atoms with Gasteiger partial charge in [0.2, 0.25) is 5.91 Å². The first-order chi connectivity index (χ1) is 10.3. The third kappa shape index (κ3) is 3.11. The molecule has 1 amide bonds. The fourth-order valence-electron chi connectivity index (χ4n) is 3.20. The van der Waals surface area contributed by atoms with Crippen LogP contribution in [0, 0.1) is 18.3 Å². The van der Waals surface area contributed by atoms with Gasteiger partial charge < -0.3 is 9.64 Å². The van der Waals surface area contributed by atoms with Crippen molar-refractivity contribution >= 4 is 5.91 Å². The minimum Gasteiger partial charge on any atom is -0.478 e. The number of benzene rings is 1. The molecule has 4 atom stereocenters. The van der Waals surface area contributed by atoms with Crippen LogP contribution in [0.3, 0.4) is 0 Å². The van der Waals surface area contributed by atoms with E-state index >= 15 is 0 Å². The van der Waals surface area contributed by atoms with Crippen molar-refractivity contribution in [2.45, 2.75) is 45.6 Å². The van der Waals surface area contributed by atoms with Crippen LogP contribution in [-0.2, 0) is 4.79 Å². The highest BCUT2D eigenvalue weighted by molar-refractivity contribution is 5.73. The molecule has 118 valence electrons. The Morgan fingerprint density at radius 1 is 1.41 bits per heavy atom. The van der Waals surface area contributed by atoms with Crippen LogP contribution in [0.25, 0.3) is 0 Å². The Morgan fingerprint density at radius 2 is 2.09 bits per heavy atom. The Balaban J connectivity index is 2.30. The predicted octanol–water partition coefficient (Wildman–Crippen LogP) is 3.40. The number of terminal acetylenes is 1. The fourth-order valence-corrected chi connectivity index (χ4v) is 3.20. The van der Waals surface area contributed by atoms with E-state index in [9.17, 15) is 4.79 Å².